The van der Waals surface area contributed by atoms with Gasteiger partial charge in [-0.3, -0.25) is 9.69 Å². The van der Waals surface area contributed by atoms with E-state index in [2.05, 4.69) is 22.2 Å². The molecule has 3 heterocycles. The van der Waals surface area contributed by atoms with E-state index in [4.69, 9.17) is 9.62 Å². The molecule has 1 saturated heterocycles. The third kappa shape index (κ3) is 3.97. The maximum Gasteiger partial charge on any atom is 0.274 e. The summed E-state index contributed by atoms with van der Waals surface area (Å²) in [7, 11) is 0. The number of para-hydroxylation sites is 1. The summed E-state index contributed by atoms with van der Waals surface area (Å²) >= 11 is 0. The normalized spacial score (nSPS) is 17.2. The van der Waals surface area contributed by atoms with Crippen LogP contribution >= 0.6 is 0 Å². The van der Waals surface area contributed by atoms with Gasteiger partial charge in [0.25, 0.3) is 5.91 Å². The molecular weight excluding hydrogens is 402 g/mol. The van der Waals surface area contributed by atoms with Crippen molar-refractivity contribution in [3.8, 4) is 5.69 Å². The summed E-state index contributed by atoms with van der Waals surface area (Å²) in [6.07, 6.45) is 5.40. The van der Waals surface area contributed by atoms with Crippen molar-refractivity contribution < 1.29 is 9.32 Å². The molecule has 1 amide bonds. The lowest BCUT2D eigenvalue weighted by molar-refractivity contribution is 0.0620. The first-order chi connectivity index (χ1) is 15.6. The van der Waals surface area contributed by atoms with E-state index >= 15 is 0 Å². The van der Waals surface area contributed by atoms with Crippen molar-refractivity contribution in [3.63, 3.8) is 0 Å². The first-order valence-electron chi connectivity index (χ1n) is 11.7. The van der Waals surface area contributed by atoms with Crippen LogP contribution < -0.4 is 0 Å². The van der Waals surface area contributed by atoms with Crippen LogP contribution in [0.5, 0.6) is 0 Å². The van der Waals surface area contributed by atoms with E-state index in [1.165, 1.54) is 12.1 Å². The number of carbonyl (C=O) groups excluding carboxylic acids is 1. The minimum atomic E-state index is 0.0785. The molecule has 32 heavy (non-hydrogen) atoms. The van der Waals surface area contributed by atoms with Gasteiger partial charge in [-0.05, 0) is 51.7 Å². The van der Waals surface area contributed by atoms with Crippen LogP contribution in [0.4, 0.5) is 0 Å². The molecule has 1 aromatic carbocycles. The molecule has 1 fully saturated rings. The van der Waals surface area contributed by atoms with Gasteiger partial charge in [0.1, 0.15) is 5.76 Å². The summed E-state index contributed by atoms with van der Waals surface area (Å²) in [5.74, 6) is 0.963. The van der Waals surface area contributed by atoms with Gasteiger partial charge in [-0.15, -0.1) is 0 Å². The molecule has 5 rings (SSSR count). The monoisotopic (exact) mass is 433 g/mol. The molecule has 2 aromatic heterocycles. The zero-order valence-corrected chi connectivity index (χ0v) is 19.0. The zero-order valence-electron chi connectivity index (χ0n) is 19.0. The fraction of sp³-hybridized carbons (Fsp3) is 0.480. The number of aromatic nitrogens is 3. The van der Waals surface area contributed by atoms with E-state index in [-0.39, 0.29) is 5.91 Å². The topological polar surface area (TPSA) is 67.4 Å². The standard InChI is InChI=1S/C25H31N5O2/c1-18-22(19(2)32-27-18)17-28-13-15-29(16-14-28)25(31)24-21-11-7-4-8-12-23(21)30(26-24)20-9-5-3-6-10-20/h3,5-6,9-10H,4,7-8,11-17H2,1-2H3. The lowest BCUT2D eigenvalue weighted by atomic mass is 10.1. The highest BCUT2D eigenvalue weighted by atomic mass is 16.5. The van der Waals surface area contributed by atoms with Crippen LogP contribution in [0.3, 0.4) is 0 Å². The van der Waals surface area contributed by atoms with Crippen molar-refractivity contribution in [1.29, 1.82) is 0 Å². The largest absolute Gasteiger partial charge is 0.361 e. The maximum absolute atomic E-state index is 13.6. The molecule has 0 N–H and O–H groups in total. The Hall–Kier alpha value is -2.93. The maximum atomic E-state index is 13.6. The highest BCUT2D eigenvalue weighted by molar-refractivity contribution is 5.94. The summed E-state index contributed by atoms with van der Waals surface area (Å²) < 4.78 is 7.32. The second-order valence-corrected chi connectivity index (χ2v) is 8.95. The lowest BCUT2D eigenvalue weighted by Gasteiger charge is -2.34. The van der Waals surface area contributed by atoms with E-state index in [0.717, 1.165) is 86.7 Å². The van der Waals surface area contributed by atoms with Crippen LogP contribution in [-0.4, -0.2) is 56.8 Å². The number of fused-ring (bicyclic) bond motifs is 1. The third-order valence-corrected chi connectivity index (χ3v) is 6.86. The molecular formula is C25H31N5O2. The van der Waals surface area contributed by atoms with Crippen LogP contribution in [0.2, 0.25) is 0 Å². The van der Waals surface area contributed by atoms with E-state index in [0.29, 0.717) is 5.69 Å². The number of benzene rings is 1. The van der Waals surface area contributed by atoms with Gasteiger partial charge in [0.2, 0.25) is 0 Å². The molecule has 0 spiro atoms. The highest BCUT2D eigenvalue weighted by Gasteiger charge is 2.30. The Kier molecular flexibility index (Phi) is 5.83. The van der Waals surface area contributed by atoms with Crippen molar-refractivity contribution in [2.24, 2.45) is 0 Å². The predicted octanol–water partition coefficient (Wildman–Crippen LogP) is 3.70. The summed E-state index contributed by atoms with van der Waals surface area (Å²) in [6, 6.07) is 10.2. The first-order valence-corrected chi connectivity index (χ1v) is 11.7. The zero-order chi connectivity index (χ0) is 22.1. The van der Waals surface area contributed by atoms with Gasteiger partial charge in [-0.1, -0.05) is 29.8 Å². The van der Waals surface area contributed by atoms with Crippen LogP contribution in [0.25, 0.3) is 5.69 Å². The van der Waals surface area contributed by atoms with Crippen molar-refractivity contribution in [2.75, 3.05) is 26.2 Å². The van der Waals surface area contributed by atoms with Gasteiger partial charge in [0.15, 0.2) is 5.69 Å². The van der Waals surface area contributed by atoms with E-state index in [9.17, 15) is 4.79 Å². The quantitative estimate of drug-likeness (QED) is 0.587. The van der Waals surface area contributed by atoms with Crippen LogP contribution in [0.15, 0.2) is 34.9 Å². The summed E-state index contributed by atoms with van der Waals surface area (Å²) in [5, 5.41) is 8.94. The minimum Gasteiger partial charge on any atom is -0.361 e. The van der Waals surface area contributed by atoms with Crippen molar-refractivity contribution in [2.45, 2.75) is 52.5 Å². The molecule has 1 aliphatic heterocycles. The van der Waals surface area contributed by atoms with Gasteiger partial charge in [-0.2, -0.15) is 5.10 Å². The third-order valence-electron chi connectivity index (χ3n) is 6.86. The molecule has 3 aromatic rings. The van der Waals surface area contributed by atoms with E-state index in [1.54, 1.807) is 0 Å². The van der Waals surface area contributed by atoms with Gasteiger partial charge in [0, 0.05) is 49.5 Å². The van der Waals surface area contributed by atoms with Gasteiger partial charge < -0.3 is 9.42 Å². The Labute approximate surface area is 189 Å². The Morgan fingerprint density at radius 2 is 1.75 bits per heavy atom. The number of piperazine rings is 1. The van der Waals surface area contributed by atoms with E-state index < -0.39 is 0 Å². The summed E-state index contributed by atoms with van der Waals surface area (Å²) in [6.45, 7) is 7.89. The molecule has 0 saturated carbocycles. The number of carbonyl (C=O) groups is 1. The molecule has 1 aliphatic carbocycles. The number of nitrogens with zero attached hydrogens (tertiary/aromatic N) is 5. The van der Waals surface area contributed by atoms with E-state index in [1.807, 2.05) is 41.6 Å². The van der Waals surface area contributed by atoms with Gasteiger partial charge in [-0.25, -0.2) is 4.68 Å². The summed E-state index contributed by atoms with van der Waals surface area (Å²) in [5.41, 5.74) is 6.19. The van der Waals surface area contributed by atoms with Crippen LogP contribution in [-0.2, 0) is 19.4 Å². The second-order valence-electron chi connectivity index (χ2n) is 8.95. The SMILES string of the molecule is Cc1noc(C)c1CN1CCN(C(=O)c2nn(-c3ccccc3)c3c2CCCCC3)CC1. The molecule has 2 aliphatic rings. The molecule has 7 heteroatoms. The van der Waals surface area contributed by atoms with Crippen LogP contribution in [0.1, 0.15) is 58.0 Å². The highest BCUT2D eigenvalue weighted by Crippen LogP contribution is 2.27. The van der Waals surface area contributed by atoms with Crippen LogP contribution in [0, 0.1) is 13.8 Å². The Morgan fingerprint density at radius 3 is 2.47 bits per heavy atom. The number of amides is 1. The predicted molar refractivity (Wildman–Crippen MR) is 122 cm³/mol. The fourth-order valence-corrected chi connectivity index (χ4v) is 4.94. The molecule has 7 nitrogen and oxygen atoms in total. The van der Waals surface area contributed by atoms with Gasteiger partial charge in [0.05, 0.1) is 11.4 Å². The van der Waals surface area contributed by atoms with Crippen molar-refractivity contribution >= 4 is 5.91 Å². The molecule has 0 bridgehead atoms. The Bertz CT molecular complexity index is 1070. The smallest absolute Gasteiger partial charge is 0.274 e. The average Bonchev–Trinajstić information content (AvgIpc) is 3.23. The average molecular weight is 434 g/mol. The Morgan fingerprint density at radius 1 is 1.00 bits per heavy atom. The van der Waals surface area contributed by atoms with Crippen molar-refractivity contribution in [3.05, 3.63) is 64.3 Å². The van der Waals surface area contributed by atoms with Crippen molar-refractivity contribution in [1.82, 2.24) is 24.7 Å². The fourth-order valence-electron chi connectivity index (χ4n) is 4.94. The second kappa shape index (κ2) is 8.90. The Balaban J connectivity index is 1.34. The molecule has 168 valence electrons. The van der Waals surface area contributed by atoms with Gasteiger partial charge >= 0.3 is 0 Å². The number of hydrogen-bond acceptors (Lipinski definition) is 5. The lowest BCUT2D eigenvalue weighted by Crippen LogP contribution is -2.48. The molecule has 0 unspecified atom stereocenters. The molecule has 0 atom stereocenters. The number of hydrogen-bond donors (Lipinski definition) is 0. The number of rotatable bonds is 4. The minimum absolute atomic E-state index is 0.0785. The first kappa shape index (κ1) is 20.9. The summed E-state index contributed by atoms with van der Waals surface area (Å²) in [4.78, 5) is 17.9. The number of aryl methyl sites for hydroxylation is 2. The molecule has 0 radical (unpaired) electrons.